The molecule has 10 nitrogen and oxygen atoms in total. The molecule has 1 unspecified atom stereocenters. The summed E-state index contributed by atoms with van der Waals surface area (Å²) in [5.41, 5.74) is 8.96. The Morgan fingerprint density at radius 1 is 0.951 bits per heavy atom. The summed E-state index contributed by atoms with van der Waals surface area (Å²) < 4.78 is 15.8. The number of amides is 1. The highest BCUT2D eigenvalue weighted by atomic mass is 16.6. The highest BCUT2D eigenvalue weighted by Crippen LogP contribution is 2.43. The van der Waals surface area contributed by atoms with Gasteiger partial charge in [-0.15, -0.1) is 0 Å². The van der Waals surface area contributed by atoms with Gasteiger partial charge in [0.25, 0.3) is 0 Å². The maximum absolute atomic E-state index is 13.3. The van der Waals surface area contributed by atoms with E-state index in [0.717, 1.165) is 11.1 Å². The van der Waals surface area contributed by atoms with Crippen LogP contribution in [0.25, 0.3) is 0 Å². The second-order valence-electron chi connectivity index (χ2n) is 10.8. The van der Waals surface area contributed by atoms with Crippen molar-refractivity contribution < 1.29 is 28.6 Å². The Hall–Kier alpha value is -4.78. The smallest absolute Gasteiger partial charge is 0.410 e. The van der Waals surface area contributed by atoms with Crippen LogP contribution in [0.5, 0.6) is 0 Å². The molecule has 0 fully saturated rings. The maximum Gasteiger partial charge on any atom is 0.410 e. The number of nitrogens with two attached hydrogens (primary N) is 1. The van der Waals surface area contributed by atoms with Gasteiger partial charge in [-0.25, -0.2) is 14.4 Å². The molecular formula is C31H34N4O6. The van der Waals surface area contributed by atoms with E-state index in [-0.39, 0.29) is 28.8 Å². The maximum atomic E-state index is 13.3. The van der Waals surface area contributed by atoms with Crippen LogP contribution in [0, 0.1) is 11.3 Å². The summed E-state index contributed by atoms with van der Waals surface area (Å²) >= 11 is 0. The largest absolute Gasteiger partial charge is 0.466 e. The number of allylic oxidation sites excluding steroid dienone is 1. The highest BCUT2D eigenvalue weighted by molar-refractivity contribution is 6.06. The minimum Gasteiger partial charge on any atom is -0.466 e. The van der Waals surface area contributed by atoms with E-state index in [1.807, 2.05) is 32.9 Å². The molecule has 0 spiro atoms. The number of carbonyl (C=O) groups excluding carboxylic acids is 3. The average molecular weight is 559 g/mol. The summed E-state index contributed by atoms with van der Waals surface area (Å²) in [4.78, 5) is 42.4. The van der Waals surface area contributed by atoms with Crippen molar-refractivity contribution >= 4 is 23.7 Å². The van der Waals surface area contributed by atoms with Crippen LogP contribution < -0.4 is 10.6 Å². The van der Waals surface area contributed by atoms with Gasteiger partial charge in [0, 0.05) is 18.8 Å². The SMILES string of the molecule is COC(=O)C1=C(C(=O)OC)N(c2ccc3c(c2)CCN(C(=O)OC(C)(C)C)CC3)C(N)=C(C#N)C1c1ccccc1. The summed E-state index contributed by atoms with van der Waals surface area (Å²) in [6, 6.07) is 16.5. The topological polar surface area (TPSA) is 135 Å². The third-order valence-corrected chi connectivity index (χ3v) is 7.01. The van der Waals surface area contributed by atoms with Crippen molar-refractivity contribution in [1.82, 2.24) is 4.90 Å². The van der Waals surface area contributed by atoms with Crippen LogP contribution in [0.1, 0.15) is 43.4 Å². The van der Waals surface area contributed by atoms with E-state index in [1.54, 1.807) is 41.3 Å². The van der Waals surface area contributed by atoms with E-state index in [1.165, 1.54) is 19.1 Å². The van der Waals surface area contributed by atoms with Crippen LogP contribution in [0.2, 0.25) is 0 Å². The van der Waals surface area contributed by atoms with Crippen LogP contribution in [-0.2, 0) is 36.6 Å². The van der Waals surface area contributed by atoms with Gasteiger partial charge < -0.3 is 24.8 Å². The molecule has 10 heteroatoms. The Bertz CT molecular complexity index is 1470. The highest BCUT2D eigenvalue weighted by Gasteiger charge is 2.43. The zero-order valence-corrected chi connectivity index (χ0v) is 23.9. The van der Waals surface area contributed by atoms with Gasteiger partial charge in [-0.3, -0.25) is 4.90 Å². The third-order valence-electron chi connectivity index (χ3n) is 7.01. The van der Waals surface area contributed by atoms with Gasteiger partial charge in [0.1, 0.15) is 17.1 Å². The molecule has 0 aliphatic carbocycles. The minimum atomic E-state index is -0.942. The van der Waals surface area contributed by atoms with E-state index >= 15 is 0 Å². The summed E-state index contributed by atoms with van der Waals surface area (Å²) in [5, 5.41) is 10.2. The molecule has 2 N–H and O–H groups in total. The van der Waals surface area contributed by atoms with Gasteiger partial charge in [0.15, 0.2) is 0 Å². The van der Waals surface area contributed by atoms with Gasteiger partial charge in [-0.1, -0.05) is 36.4 Å². The molecule has 1 amide bonds. The van der Waals surface area contributed by atoms with E-state index in [2.05, 4.69) is 6.07 Å². The van der Waals surface area contributed by atoms with Crippen LogP contribution in [0.15, 0.2) is 71.2 Å². The number of nitrogens with zero attached hydrogens (tertiary/aromatic N) is 3. The molecule has 41 heavy (non-hydrogen) atoms. The lowest BCUT2D eigenvalue weighted by Crippen LogP contribution is -2.40. The van der Waals surface area contributed by atoms with E-state index in [9.17, 15) is 19.6 Å². The number of esters is 2. The first-order chi connectivity index (χ1) is 19.5. The number of methoxy groups -OCH3 is 2. The van der Waals surface area contributed by atoms with Crippen molar-refractivity contribution in [3.05, 3.63) is 87.9 Å². The quantitative estimate of drug-likeness (QED) is 0.437. The second-order valence-corrected chi connectivity index (χ2v) is 10.8. The van der Waals surface area contributed by atoms with E-state index in [4.69, 9.17) is 19.9 Å². The molecular weight excluding hydrogens is 524 g/mol. The lowest BCUT2D eigenvalue weighted by Gasteiger charge is -2.36. The summed E-state index contributed by atoms with van der Waals surface area (Å²) in [6.45, 7) is 6.40. The first-order valence-electron chi connectivity index (χ1n) is 13.3. The lowest BCUT2D eigenvalue weighted by molar-refractivity contribution is -0.139. The third kappa shape index (κ3) is 5.89. The first kappa shape index (κ1) is 29.2. The fourth-order valence-corrected chi connectivity index (χ4v) is 5.14. The van der Waals surface area contributed by atoms with Crippen molar-refractivity contribution in [2.75, 3.05) is 32.2 Å². The Kier molecular flexibility index (Phi) is 8.38. The number of nitriles is 1. The molecule has 2 aliphatic heterocycles. The molecule has 1 atom stereocenters. The molecule has 4 rings (SSSR count). The van der Waals surface area contributed by atoms with Crippen molar-refractivity contribution in [2.24, 2.45) is 5.73 Å². The number of carbonyl (C=O) groups is 3. The van der Waals surface area contributed by atoms with Crippen LogP contribution in [0.3, 0.4) is 0 Å². The second kappa shape index (κ2) is 11.8. The first-order valence-corrected chi connectivity index (χ1v) is 13.3. The number of fused-ring (bicyclic) bond motifs is 1. The van der Waals surface area contributed by atoms with Crippen molar-refractivity contribution in [2.45, 2.75) is 45.1 Å². The Morgan fingerprint density at radius 2 is 1.59 bits per heavy atom. The number of hydrogen-bond donors (Lipinski definition) is 1. The fourth-order valence-electron chi connectivity index (χ4n) is 5.14. The Morgan fingerprint density at radius 3 is 2.17 bits per heavy atom. The molecule has 214 valence electrons. The van der Waals surface area contributed by atoms with E-state index < -0.39 is 23.5 Å². The fraction of sp³-hybridized carbons (Fsp3) is 0.355. The number of anilines is 1. The predicted molar refractivity (Wildman–Crippen MR) is 151 cm³/mol. The van der Waals surface area contributed by atoms with Crippen LogP contribution >= 0.6 is 0 Å². The van der Waals surface area contributed by atoms with E-state index in [0.29, 0.717) is 37.2 Å². The average Bonchev–Trinajstić information content (AvgIpc) is 3.17. The molecule has 0 bridgehead atoms. The van der Waals surface area contributed by atoms with Crippen molar-refractivity contribution in [1.29, 1.82) is 5.26 Å². The minimum absolute atomic E-state index is 0.00152. The molecule has 0 saturated carbocycles. The van der Waals surface area contributed by atoms with Crippen LogP contribution in [0.4, 0.5) is 10.5 Å². The number of benzene rings is 2. The normalized spacial score (nSPS) is 17.3. The van der Waals surface area contributed by atoms with Gasteiger partial charge in [0.2, 0.25) is 0 Å². The van der Waals surface area contributed by atoms with Crippen molar-refractivity contribution in [3.8, 4) is 6.07 Å². The molecule has 0 aromatic heterocycles. The summed E-state index contributed by atoms with van der Waals surface area (Å²) in [7, 11) is 2.42. The molecule has 0 saturated heterocycles. The predicted octanol–water partition coefficient (Wildman–Crippen LogP) is 3.92. The van der Waals surface area contributed by atoms with Gasteiger partial charge in [0.05, 0.1) is 37.4 Å². The molecule has 2 aliphatic rings. The molecule has 0 radical (unpaired) electrons. The Balaban J connectivity index is 1.83. The lowest BCUT2D eigenvalue weighted by atomic mass is 9.81. The van der Waals surface area contributed by atoms with Gasteiger partial charge in [-0.2, -0.15) is 5.26 Å². The monoisotopic (exact) mass is 558 g/mol. The van der Waals surface area contributed by atoms with Crippen LogP contribution in [-0.4, -0.2) is 55.8 Å². The zero-order valence-electron chi connectivity index (χ0n) is 23.9. The standard InChI is InChI=1S/C31H34N4O6/c1-31(2,3)41-30(38)34-15-13-19-11-12-22(17-21(19)14-16-34)35-26(29(37)40-5)25(28(36)39-4)24(23(18-32)27(35)33)20-9-7-6-8-10-20/h6-12,17,24H,13-16,33H2,1-5H3. The molecule has 2 aromatic carbocycles. The van der Waals surface area contributed by atoms with Gasteiger partial charge >= 0.3 is 18.0 Å². The zero-order chi connectivity index (χ0) is 29.9. The molecule has 2 aromatic rings. The van der Waals surface area contributed by atoms with Gasteiger partial charge in [-0.05, 0) is 62.4 Å². The Labute approximate surface area is 239 Å². The number of hydrogen-bond acceptors (Lipinski definition) is 9. The summed E-state index contributed by atoms with van der Waals surface area (Å²) in [6.07, 6.45) is 0.754. The van der Waals surface area contributed by atoms with Crippen molar-refractivity contribution in [3.63, 3.8) is 0 Å². The molecule has 2 heterocycles. The number of ether oxygens (including phenoxy) is 3. The summed E-state index contributed by atoms with van der Waals surface area (Å²) in [5.74, 6) is -2.54. The number of rotatable bonds is 4.